The Labute approximate surface area is 467 Å². The first kappa shape index (κ1) is 62.3. The predicted octanol–water partition coefficient (Wildman–Crippen LogP) is 3.72. The average Bonchev–Trinajstić information content (AvgIpc) is 3.46. The summed E-state index contributed by atoms with van der Waals surface area (Å²) in [5.74, 6) is -0.164. The van der Waals surface area contributed by atoms with Crippen LogP contribution in [0.25, 0.3) is 10.8 Å². The summed E-state index contributed by atoms with van der Waals surface area (Å²) in [5.41, 5.74) is 36.6. The van der Waals surface area contributed by atoms with E-state index in [1.54, 1.807) is 36.4 Å². The number of hydrogen-bond acceptors (Lipinski definition) is 19. The van der Waals surface area contributed by atoms with Crippen LogP contribution in [0.4, 0.5) is 26.9 Å². The second kappa shape index (κ2) is 35.1. The highest BCUT2D eigenvalue weighted by molar-refractivity contribution is 6.31. The van der Waals surface area contributed by atoms with Crippen molar-refractivity contribution in [2.45, 2.75) is 32.1 Å². The van der Waals surface area contributed by atoms with Gasteiger partial charge in [0.05, 0.1) is 70.7 Å². The van der Waals surface area contributed by atoms with E-state index in [0.29, 0.717) is 114 Å². The van der Waals surface area contributed by atoms with Gasteiger partial charge in [-0.25, -0.2) is 29.3 Å². The summed E-state index contributed by atoms with van der Waals surface area (Å²) >= 11 is 5.82. The number of carbonyl (C=O) groups excluding carboxylic acids is 4. The molecule has 80 heavy (non-hydrogen) atoms. The van der Waals surface area contributed by atoms with Crippen LogP contribution in [0.1, 0.15) is 57.7 Å². The third kappa shape index (κ3) is 24.0. The fourth-order valence-corrected chi connectivity index (χ4v) is 7.08. The van der Waals surface area contributed by atoms with Gasteiger partial charge in [-0.3, -0.25) is 20.1 Å². The van der Waals surface area contributed by atoms with Gasteiger partial charge in [-0.1, -0.05) is 41.9 Å². The van der Waals surface area contributed by atoms with E-state index in [9.17, 15) is 19.2 Å². The molecule has 0 aliphatic rings. The number of anilines is 2. The van der Waals surface area contributed by atoms with Gasteiger partial charge in [-0.05, 0) is 103 Å². The number of aryl methyl sites for hydroxylation is 1. The zero-order chi connectivity index (χ0) is 57.3. The highest BCUT2D eigenvalue weighted by Crippen LogP contribution is 2.24. The van der Waals surface area contributed by atoms with Crippen LogP contribution in [0, 0.1) is 0 Å². The number of esters is 1. The molecule has 0 saturated carbocycles. The first-order valence-electron chi connectivity index (χ1n) is 25.5. The lowest BCUT2D eigenvalue weighted by Gasteiger charge is -2.10. The van der Waals surface area contributed by atoms with Gasteiger partial charge in [0.25, 0.3) is 5.91 Å². The number of benzene rings is 4. The summed E-state index contributed by atoms with van der Waals surface area (Å²) < 4.78 is 43.6. The van der Waals surface area contributed by atoms with Crippen molar-refractivity contribution in [1.82, 2.24) is 25.9 Å². The maximum Gasteiger partial charge on any atom is 0.407 e. The van der Waals surface area contributed by atoms with Crippen LogP contribution >= 0.6 is 11.6 Å². The van der Waals surface area contributed by atoms with Crippen LogP contribution in [0.15, 0.2) is 99.9 Å². The van der Waals surface area contributed by atoms with E-state index in [1.165, 1.54) is 0 Å². The van der Waals surface area contributed by atoms with E-state index >= 15 is 0 Å². The summed E-state index contributed by atoms with van der Waals surface area (Å²) in [5, 5.41) is 9.33. The maximum absolute atomic E-state index is 12.6. The number of nitrogens with zero attached hydrogens (tertiary/aromatic N) is 5. The van der Waals surface area contributed by atoms with E-state index in [4.69, 9.17) is 83.9 Å². The molecule has 430 valence electrons. The minimum Gasteiger partial charge on any atom is -0.491 e. The molecule has 0 saturated heterocycles. The molecule has 0 atom stereocenters. The van der Waals surface area contributed by atoms with Gasteiger partial charge < -0.3 is 82.9 Å². The number of alkyl carbamates (subject to hydrolysis) is 2. The molecular formula is C53H69ClN14O12. The van der Waals surface area contributed by atoms with Gasteiger partial charge in [0.1, 0.15) is 37.2 Å². The van der Waals surface area contributed by atoms with Crippen LogP contribution < -0.4 is 59.8 Å². The quantitative estimate of drug-likeness (QED) is 0.00931. The van der Waals surface area contributed by atoms with Crippen LogP contribution in [-0.2, 0) is 34.8 Å². The Bertz CT molecular complexity index is 2860. The highest BCUT2D eigenvalue weighted by Gasteiger charge is 2.17. The number of halogens is 1. The maximum atomic E-state index is 12.6. The number of guanidine groups is 2. The molecule has 5 aromatic rings. The first-order valence-corrected chi connectivity index (χ1v) is 25.9. The second-order valence-electron chi connectivity index (χ2n) is 17.0. The molecule has 0 fully saturated rings. The van der Waals surface area contributed by atoms with E-state index in [0.717, 1.165) is 41.2 Å². The Morgan fingerprint density at radius 2 is 1.14 bits per heavy atom. The number of rotatable bonds is 34. The van der Waals surface area contributed by atoms with Crippen LogP contribution in [0.5, 0.6) is 11.5 Å². The molecule has 1 heterocycles. The van der Waals surface area contributed by atoms with Crippen molar-refractivity contribution in [2.24, 2.45) is 37.9 Å². The van der Waals surface area contributed by atoms with E-state index in [1.807, 2.05) is 48.5 Å². The summed E-state index contributed by atoms with van der Waals surface area (Å²) in [4.78, 5) is 69.0. The number of amidine groups is 1. The van der Waals surface area contributed by atoms with Gasteiger partial charge in [-0.15, -0.1) is 0 Å². The number of unbranched alkanes of at least 4 members (excludes halogenated alkanes) is 2. The standard InChI is InChI=1S/C53H69ClN14O12/c54-44-47(57)67-46(56)43(66-44)48(69)68-51(60)62-18-2-1-5-35-6-15-41(16-7-35)77-30-27-76-29-32-79-53(72)64-20-4-3-19-63-52(71)78-31-28-75-26-25-74-24-23-73-22-21-61-45(55)39-9-8-38-34-42(17-12-37(38)33-39)80-49(70)36-10-13-40(14-11-36)65-50(58)59/h6-17,33-34H,1-5,18-32H2,(H2,55,61)(H,63,71)(H,64,72)(H4,56,57,67)(H4,58,59,65)(H3,60,62,68,69). The predicted molar refractivity (Wildman–Crippen MR) is 302 cm³/mol. The van der Waals surface area contributed by atoms with Crippen LogP contribution in [0.3, 0.4) is 0 Å². The molecule has 26 nitrogen and oxygen atoms in total. The lowest BCUT2D eigenvalue weighted by molar-refractivity contribution is 0.00681. The molecule has 0 radical (unpaired) electrons. The van der Waals surface area contributed by atoms with Gasteiger partial charge in [0, 0.05) is 25.2 Å². The van der Waals surface area contributed by atoms with Crippen molar-refractivity contribution in [3.8, 4) is 11.5 Å². The van der Waals surface area contributed by atoms with E-state index in [-0.39, 0.29) is 60.8 Å². The number of hydrogen-bond donors (Lipinski definition) is 9. The van der Waals surface area contributed by atoms with Crippen molar-refractivity contribution in [3.63, 3.8) is 0 Å². The number of aromatic nitrogens is 2. The van der Waals surface area contributed by atoms with Crippen molar-refractivity contribution in [1.29, 1.82) is 0 Å². The van der Waals surface area contributed by atoms with E-state index in [2.05, 4.69) is 40.9 Å². The molecule has 0 bridgehead atoms. The fraction of sp³-hybridized carbons (Fsp3) is 0.377. The fourth-order valence-electron chi connectivity index (χ4n) is 6.95. The number of ether oxygens (including phenoxy) is 8. The molecule has 0 unspecified atom stereocenters. The van der Waals surface area contributed by atoms with Gasteiger partial charge in [-0.2, -0.15) is 0 Å². The molecular weight excluding hydrogens is 1060 g/mol. The molecule has 27 heteroatoms. The van der Waals surface area contributed by atoms with Crippen LogP contribution in [-0.4, -0.2) is 151 Å². The Morgan fingerprint density at radius 3 is 1.79 bits per heavy atom. The monoisotopic (exact) mass is 1130 g/mol. The number of fused-ring (bicyclic) bond motifs is 1. The lowest BCUT2D eigenvalue weighted by Crippen LogP contribution is -2.38. The second-order valence-corrected chi connectivity index (χ2v) is 17.4. The summed E-state index contributed by atoms with van der Waals surface area (Å²) in [6.45, 7) is 4.49. The topological polar surface area (TPSA) is 397 Å². The minimum atomic E-state index is -0.695. The lowest BCUT2D eigenvalue weighted by atomic mass is 10.1. The van der Waals surface area contributed by atoms with E-state index < -0.39 is 24.1 Å². The molecule has 1 aromatic heterocycles. The Balaban J connectivity index is 0.757. The van der Waals surface area contributed by atoms with Crippen molar-refractivity contribution in [3.05, 3.63) is 112 Å². The number of aliphatic imine (C=N–C) groups is 3. The number of amides is 3. The summed E-state index contributed by atoms with van der Waals surface area (Å²) in [6, 6.07) is 25.1. The molecule has 3 amide bonds. The number of nitrogen functional groups attached to an aromatic ring is 2. The van der Waals surface area contributed by atoms with Crippen molar-refractivity contribution < 1.29 is 57.1 Å². The Kier molecular flexibility index (Phi) is 27.3. The molecule has 5 rings (SSSR count). The highest BCUT2D eigenvalue weighted by atomic mass is 35.5. The summed E-state index contributed by atoms with van der Waals surface area (Å²) in [6.07, 6.45) is 2.50. The third-order valence-corrected chi connectivity index (χ3v) is 11.2. The van der Waals surface area contributed by atoms with Gasteiger partial charge in [0.15, 0.2) is 34.4 Å². The van der Waals surface area contributed by atoms with Crippen molar-refractivity contribution in [2.75, 3.05) is 110 Å². The SMILES string of the molecule is NC(N)=Nc1ccc(C(=O)Oc2ccc3cc(C(N)=NCCOCCOCCOCCOC(=O)NCCCCNC(=O)OCCOCCOc4ccc(CCCCN=C(N)NC(=O)c5nc(Cl)c(N)nc5N)cc4)ccc3c2)cc1. The molecule has 0 aliphatic heterocycles. The Morgan fingerprint density at radius 1 is 0.562 bits per heavy atom. The molecule has 0 spiro atoms. The van der Waals surface area contributed by atoms with Gasteiger partial charge in [0.2, 0.25) is 0 Å². The normalized spacial score (nSPS) is 11.4. The largest absolute Gasteiger partial charge is 0.491 e. The Hall–Kier alpha value is -8.56. The van der Waals surface area contributed by atoms with Crippen molar-refractivity contribution >= 4 is 81.5 Å². The number of nitrogens with one attached hydrogen (secondary N) is 3. The molecule has 15 N–H and O–H groups in total. The zero-order valence-corrected chi connectivity index (χ0v) is 45.0. The summed E-state index contributed by atoms with van der Waals surface area (Å²) in [7, 11) is 0. The smallest absolute Gasteiger partial charge is 0.407 e. The van der Waals surface area contributed by atoms with Gasteiger partial charge >= 0.3 is 18.2 Å². The number of nitrogens with two attached hydrogens (primary N) is 6. The minimum absolute atomic E-state index is 0.0752. The zero-order valence-electron chi connectivity index (χ0n) is 44.2. The molecule has 4 aromatic carbocycles. The molecule has 0 aliphatic carbocycles. The van der Waals surface area contributed by atoms with Crippen LogP contribution in [0.2, 0.25) is 5.15 Å². The third-order valence-electron chi connectivity index (χ3n) is 10.9. The average molecular weight is 1130 g/mol. The first-order chi connectivity index (χ1) is 38.7. The number of carbonyl (C=O) groups is 4.